The van der Waals surface area contributed by atoms with E-state index in [0.29, 0.717) is 50.0 Å². The Bertz CT molecular complexity index is 1760. The standard InChI is InChI=1S/C31H30ClFN4O4.CH4/c1-4-18-9-7-10-19(5-2)28(18)37-29-23(17-21(32)27(34-29)26-22(33)11-8-12-24(26)38)36(30(40)31(37)41)20-13-15-35(16-14-20)25(39)6-3;/h6-12,17,20,38H,3-5,13-16H2,1-2H3;1H4. The topological polar surface area (TPSA) is 97.4 Å². The molecule has 1 N–H and O–H groups in total. The van der Waals surface area contributed by atoms with Gasteiger partial charge in [-0.05, 0) is 61.1 Å². The molecule has 5 rings (SSSR count). The minimum absolute atomic E-state index is 0. The number of pyridine rings is 1. The number of aryl methyl sites for hydroxylation is 2. The minimum Gasteiger partial charge on any atom is -0.507 e. The Balaban J connectivity index is 0.00000405. The second kappa shape index (κ2) is 12.3. The van der Waals surface area contributed by atoms with Gasteiger partial charge in [-0.1, -0.05) is 63.7 Å². The predicted octanol–water partition coefficient (Wildman–Crippen LogP) is 5.82. The Morgan fingerprint density at radius 2 is 1.71 bits per heavy atom. The van der Waals surface area contributed by atoms with Crippen LogP contribution in [0.1, 0.15) is 51.3 Å². The van der Waals surface area contributed by atoms with Crippen LogP contribution in [0.25, 0.3) is 28.1 Å². The first-order valence-electron chi connectivity index (χ1n) is 13.6. The highest BCUT2D eigenvalue weighted by Gasteiger charge is 2.29. The van der Waals surface area contributed by atoms with Gasteiger partial charge in [0.25, 0.3) is 0 Å². The van der Waals surface area contributed by atoms with E-state index in [1.807, 2.05) is 32.0 Å². The summed E-state index contributed by atoms with van der Waals surface area (Å²) < 4.78 is 17.7. The lowest BCUT2D eigenvalue weighted by Crippen LogP contribution is -2.46. The number of fused-ring (bicyclic) bond motifs is 1. The number of likely N-dealkylation sites (tertiary alicyclic amines) is 1. The van der Waals surface area contributed by atoms with Crippen LogP contribution in [0.2, 0.25) is 5.02 Å². The van der Waals surface area contributed by atoms with Crippen LogP contribution in [-0.4, -0.2) is 43.1 Å². The Morgan fingerprint density at radius 1 is 1.10 bits per heavy atom. The first-order chi connectivity index (χ1) is 19.7. The van der Waals surface area contributed by atoms with Crippen LogP contribution < -0.4 is 11.1 Å². The molecule has 2 aromatic heterocycles. The SMILES string of the molecule is C.C=CC(=O)N1CCC(n2c(=O)c(=O)n(-c3c(CC)cccc3CC)c3nc(-c4c(O)cccc4F)c(Cl)cc32)CC1. The molecule has 42 heavy (non-hydrogen) atoms. The fourth-order valence-electron chi connectivity index (χ4n) is 5.68. The first kappa shape index (κ1) is 30.7. The quantitative estimate of drug-likeness (QED) is 0.225. The fourth-order valence-corrected chi connectivity index (χ4v) is 5.92. The van der Waals surface area contributed by atoms with Crippen molar-refractivity contribution in [1.29, 1.82) is 0 Å². The lowest BCUT2D eigenvalue weighted by atomic mass is 10.0. The summed E-state index contributed by atoms with van der Waals surface area (Å²) in [5, 5.41) is 10.5. The van der Waals surface area contributed by atoms with Gasteiger partial charge in [0.15, 0.2) is 5.65 Å². The molecule has 1 aliphatic rings. The van der Waals surface area contributed by atoms with Gasteiger partial charge in [0.1, 0.15) is 11.6 Å². The molecule has 0 atom stereocenters. The molecule has 4 aromatic rings. The number of aromatic nitrogens is 3. The first-order valence-corrected chi connectivity index (χ1v) is 14.0. The van der Waals surface area contributed by atoms with Crippen LogP contribution in [0.4, 0.5) is 4.39 Å². The smallest absolute Gasteiger partial charge is 0.322 e. The summed E-state index contributed by atoms with van der Waals surface area (Å²) in [6, 6.07) is 10.7. The van der Waals surface area contributed by atoms with Crippen LogP contribution >= 0.6 is 11.6 Å². The number of piperidine rings is 1. The van der Waals surface area contributed by atoms with Gasteiger partial charge in [-0.3, -0.25) is 23.5 Å². The summed E-state index contributed by atoms with van der Waals surface area (Å²) in [4.78, 5) is 46.4. The summed E-state index contributed by atoms with van der Waals surface area (Å²) in [6.45, 7) is 8.22. The van der Waals surface area contributed by atoms with Crippen molar-refractivity contribution in [3.05, 3.63) is 97.8 Å². The highest BCUT2D eigenvalue weighted by molar-refractivity contribution is 6.33. The number of phenols is 1. The van der Waals surface area contributed by atoms with Crippen LogP contribution in [0, 0.1) is 5.82 Å². The number of halogens is 2. The molecule has 220 valence electrons. The molecule has 3 heterocycles. The van der Waals surface area contributed by atoms with E-state index in [1.54, 1.807) is 4.90 Å². The number of nitrogens with zero attached hydrogens (tertiary/aromatic N) is 4. The number of phenolic OH excluding ortho intramolecular Hbond substituents is 1. The molecule has 0 bridgehead atoms. The molecular weight excluding hydrogens is 559 g/mol. The van der Waals surface area contributed by atoms with Crippen LogP contribution in [0.5, 0.6) is 5.75 Å². The summed E-state index contributed by atoms with van der Waals surface area (Å²) in [7, 11) is 0. The molecule has 0 aliphatic carbocycles. The second-order valence-corrected chi connectivity index (χ2v) is 10.4. The molecule has 0 unspecified atom stereocenters. The highest BCUT2D eigenvalue weighted by atomic mass is 35.5. The molecule has 0 radical (unpaired) electrons. The zero-order valence-corrected chi connectivity index (χ0v) is 23.6. The molecule has 1 saturated heterocycles. The van der Waals surface area contributed by atoms with Crippen LogP contribution in [0.15, 0.2) is 64.7 Å². The van der Waals surface area contributed by atoms with Gasteiger partial charge in [-0.25, -0.2) is 9.37 Å². The largest absolute Gasteiger partial charge is 0.507 e. The van der Waals surface area contributed by atoms with Crippen molar-refractivity contribution < 1.29 is 14.3 Å². The molecule has 2 aromatic carbocycles. The number of para-hydroxylation sites is 1. The number of hydrogen-bond donors (Lipinski definition) is 1. The third-order valence-electron chi connectivity index (χ3n) is 7.75. The zero-order chi connectivity index (χ0) is 29.4. The van der Waals surface area contributed by atoms with Crippen LogP contribution in [0.3, 0.4) is 0 Å². The number of amides is 1. The van der Waals surface area contributed by atoms with E-state index in [2.05, 4.69) is 6.58 Å². The van der Waals surface area contributed by atoms with Gasteiger partial charge in [0, 0.05) is 19.1 Å². The number of benzene rings is 2. The normalized spacial score (nSPS) is 13.7. The predicted molar refractivity (Wildman–Crippen MR) is 164 cm³/mol. The van der Waals surface area contributed by atoms with E-state index in [9.17, 15) is 19.5 Å². The Morgan fingerprint density at radius 3 is 2.29 bits per heavy atom. The van der Waals surface area contributed by atoms with Crippen molar-refractivity contribution in [3.63, 3.8) is 0 Å². The number of rotatable bonds is 6. The molecule has 10 heteroatoms. The molecule has 8 nitrogen and oxygen atoms in total. The van der Waals surface area contributed by atoms with Gasteiger partial charge in [-0.15, -0.1) is 0 Å². The fraction of sp³-hybridized carbons (Fsp3) is 0.312. The average molecular weight is 593 g/mol. The average Bonchev–Trinajstić information content (AvgIpc) is 2.98. The maximum Gasteiger partial charge on any atom is 0.322 e. The summed E-state index contributed by atoms with van der Waals surface area (Å²) in [6.07, 6.45) is 3.28. The zero-order valence-electron chi connectivity index (χ0n) is 22.9. The van der Waals surface area contributed by atoms with Gasteiger partial charge < -0.3 is 10.0 Å². The molecule has 1 aliphatic heterocycles. The van der Waals surface area contributed by atoms with Crippen molar-refractivity contribution in [2.45, 2.75) is 53.0 Å². The highest BCUT2D eigenvalue weighted by Crippen LogP contribution is 2.37. The van der Waals surface area contributed by atoms with Crippen molar-refractivity contribution >= 4 is 28.7 Å². The van der Waals surface area contributed by atoms with Gasteiger partial charge in [-0.2, -0.15) is 0 Å². The van der Waals surface area contributed by atoms with Gasteiger partial charge >= 0.3 is 11.1 Å². The lowest BCUT2D eigenvalue weighted by Gasteiger charge is -2.33. The Labute approximate surface area is 248 Å². The van der Waals surface area contributed by atoms with E-state index < -0.39 is 23.0 Å². The maximum atomic E-state index is 15.0. The van der Waals surface area contributed by atoms with Crippen molar-refractivity contribution in [2.75, 3.05) is 13.1 Å². The summed E-state index contributed by atoms with van der Waals surface area (Å²) >= 11 is 6.68. The Hall–Kier alpha value is -4.24. The summed E-state index contributed by atoms with van der Waals surface area (Å²) in [5.74, 6) is -1.29. The maximum absolute atomic E-state index is 15.0. The van der Waals surface area contributed by atoms with Crippen LogP contribution in [-0.2, 0) is 17.6 Å². The van der Waals surface area contributed by atoms with E-state index in [1.165, 1.54) is 39.5 Å². The Kier molecular flexibility index (Phi) is 9.01. The molecule has 1 amide bonds. The lowest BCUT2D eigenvalue weighted by molar-refractivity contribution is -0.127. The summed E-state index contributed by atoms with van der Waals surface area (Å²) in [5.41, 5.74) is 0.883. The monoisotopic (exact) mass is 592 g/mol. The number of carbonyl (C=O) groups is 1. The van der Waals surface area contributed by atoms with E-state index in [-0.39, 0.29) is 41.0 Å². The third-order valence-corrected chi connectivity index (χ3v) is 8.03. The number of hydrogen-bond acceptors (Lipinski definition) is 5. The van der Waals surface area contributed by atoms with E-state index >= 15 is 4.39 Å². The molecule has 0 spiro atoms. The van der Waals surface area contributed by atoms with E-state index in [4.69, 9.17) is 16.6 Å². The minimum atomic E-state index is -0.795. The number of carbonyl (C=O) groups excluding carboxylic acids is 1. The molecular formula is C32H34ClFN4O4. The van der Waals surface area contributed by atoms with Crippen molar-refractivity contribution in [3.8, 4) is 22.7 Å². The number of aromatic hydroxyl groups is 1. The van der Waals surface area contributed by atoms with Gasteiger partial charge in [0.2, 0.25) is 5.91 Å². The molecule has 0 saturated carbocycles. The van der Waals surface area contributed by atoms with Gasteiger partial charge in [0.05, 0.1) is 27.5 Å². The second-order valence-electron chi connectivity index (χ2n) is 10.0. The molecule has 1 fully saturated rings. The van der Waals surface area contributed by atoms with Crippen molar-refractivity contribution in [2.24, 2.45) is 0 Å². The van der Waals surface area contributed by atoms with E-state index in [0.717, 1.165) is 11.1 Å². The third kappa shape index (κ3) is 5.13. The van der Waals surface area contributed by atoms with Crippen molar-refractivity contribution in [1.82, 2.24) is 19.0 Å².